The minimum atomic E-state index is -0.290. The lowest BCUT2D eigenvalue weighted by Crippen LogP contribution is -2.34. The Hall–Kier alpha value is -9.70. The van der Waals surface area contributed by atoms with E-state index < -0.39 is 0 Å². The Morgan fingerprint density at radius 1 is 0.488 bits per heavy atom. The van der Waals surface area contributed by atoms with Gasteiger partial charge in [-0.15, -0.1) is 0 Å². The molecule has 2 atom stereocenters. The predicted molar refractivity (Wildman–Crippen MR) is 349 cm³/mol. The molecule has 82 heavy (non-hydrogen) atoms. The first kappa shape index (κ1) is 51.7. The number of anilines is 6. The van der Waals surface area contributed by atoms with Gasteiger partial charge in [-0.3, -0.25) is 0 Å². The van der Waals surface area contributed by atoms with Crippen LogP contribution in [0.15, 0.2) is 327 Å². The van der Waals surface area contributed by atoms with E-state index in [1.54, 1.807) is 0 Å². The Bertz CT molecular complexity index is 3940. The summed E-state index contributed by atoms with van der Waals surface area (Å²) in [5.74, 6) is 0. The molecule has 0 fully saturated rings. The van der Waals surface area contributed by atoms with Crippen molar-refractivity contribution in [2.24, 2.45) is 5.41 Å². The van der Waals surface area contributed by atoms with Gasteiger partial charge in [0.05, 0.1) is 17.4 Å². The quantitative estimate of drug-likeness (QED) is 0.114. The maximum absolute atomic E-state index is 4.92. The van der Waals surface area contributed by atoms with Gasteiger partial charge in [-0.1, -0.05) is 220 Å². The summed E-state index contributed by atoms with van der Waals surface area (Å²) in [6.45, 7) is 7.29. The standard InChI is InChI=1S/C79H67N3/c1-58-55-68(79(2)52-49-64(50-53-79)62-39-45-74(46-40-62)82(71-29-17-7-18-30-71)72-31-19-8-20-32-72)51-54-80(78-48-42-67(59-21-9-3-10-22-59)57-76(78)65-23-11-4-12-24-65)77-47-41-66(56-75(58)77)63-35-33-60(34-36-63)61-37-43-73(44-38-61)81(69-25-13-5-14-26-69)70-27-15-6-16-28-70/h3-27,29-33,35,37,39-43,45-52,54-57,70H,1,28,34,36,38,44,53H2,2H3/b54-51-,68-55+. The first-order valence-electron chi connectivity index (χ1n) is 29.1. The molecule has 0 bridgehead atoms. The van der Waals surface area contributed by atoms with E-state index in [1.807, 2.05) is 0 Å². The van der Waals surface area contributed by atoms with Crippen molar-refractivity contribution in [3.05, 3.63) is 343 Å². The average molecular weight is 1060 g/mol. The van der Waals surface area contributed by atoms with Crippen LogP contribution >= 0.6 is 0 Å². The van der Waals surface area contributed by atoms with Crippen molar-refractivity contribution in [2.75, 3.05) is 14.7 Å². The summed E-state index contributed by atoms with van der Waals surface area (Å²) in [5.41, 5.74) is 23.9. The Morgan fingerprint density at radius 3 is 1.63 bits per heavy atom. The van der Waals surface area contributed by atoms with E-state index >= 15 is 0 Å². The van der Waals surface area contributed by atoms with Crippen molar-refractivity contribution in [3.8, 4) is 22.3 Å². The molecule has 398 valence electrons. The molecule has 13 rings (SSSR count). The van der Waals surface area contributed by atoms with Gasteiger partial charge in [-0.25, -0.2) is 0 Å². The molecule has 0 saturated carbocycles. The number of rotatable bonds is 13. The van der Waals surface area contributed by atoms with Crippen LogP contribution in [0.5, 0.6) is 0 Å². The van der Waals surface area contributed by atoms with E-state index in [1.165, 1.54) is 72.6 Å². The molecule has 0 saturated heterocycles. The fraction of sp³-hybridized carbons (Fsp3) is 0.114. The number of hydrogen-bond donors (Lipinski definition) is 0. The molecule has 0 radical (unpaired) electrons. The molecule has 5 aliphatic rings. The largest absolute Gasteiger partial charge is 0.338 e. The molecule has 0 aromatic heterocycles. The molecular weight excluding hydrogens is 991 g/mol. The highest BCUT2D eigenvalue weighted by Gasteiger charge is 2.30. The SMILES string of the molecule is C=C1/C=C(C2(C)C=CC(c3ccc(N(c4ccccc4)c4ccccc4)cc3)=CC2)\C=C/N(c2ccc(-c3ccccc3)cc2-c2ccccc2)c2ccc(C3=CC=C(C4=CC=C(N(c5ccccc5)C5C=CC=CC5)CC4)CC3)cc21. The number of benzene rings is 8. The summed E-state index contributed by atoms with van der Waals surface area (Å²) in [7, 11) is 0. The second-order valence-electron chi connectivity index (χ2n) is 22.2. The molecule has 8 aromatic carbocycles. The van der Waals surface area contributed by atoms with E-state index in [0.29, 0.717) is 6.04 Å². The van der Waals surface area contributed by atoms with Crippen LogP contribution in [0.3, 0.4) is 0 Å². The lowest BCUT2D eigenvalue weighted by molar-refractivity contribution is 0.532. The Balaban J connectivity index is 0.831. The molecular formula is C79H67N3. The topological polar surface area (TPSA) is 9.72 Å². The van der Waals surface area contributed by atoms with E-state index in [9.17, 15) is 0 Å². The summed E-state index contributed by atoms with van der Waals surface area (Å²) in [5, 5.41) is 0. The highest BCUT2D eigenvalue weighted by atomic mass is 15.2. The number of allylic oxidation sites excluding steroid dienone is 18. The lowest BCUT2D eigenvalue weighted by Gasteiger charge is -2.36. The van der Waals surface area contributed by atoms with Crippen LogP contribution in [0, 0.1) is 5.41 Å². The summed E-state index contributed by atoms with van der Waals surface area (Å²) in [6, 6.07) is 77.0. The maximum Gasteiger partial charge on any atom is 0.0556 e. The minimum absolute atomic E-state index is 0.290. The van der Waals surface area contributed by atoms with Crippen LogP contribution in [0.25, 0.3) is 39.0 Å². The Morgan fingerprint density at radius 2 is 1.04 bits per heavy atom. The highest BCUT2D eigenvalue weighted by Crippen LogP contribution is 2.48. The van der Waals surface area contributed by atoms with E-state index in [2.05, 4.69) is 319 Å². The number of fused-ring (bicyclic) bond motifs is 1. The summed E-state index contributed by atoms with van der Waals surface area (Å²) >= 11 is 0. The van der Waals surface area contributed by atoms with Gasteiger partial charge >= 0.3 is 0 Å². The zero-order valence-corrected chi connectivity index (χ0v) is 46.7. The summed E-state index contributed by atoms with van der Waals surface area (Å²) in [6.07, 6.45) is 38.5. The number of nitrogens with zero attached hydrogens (tertiary/aromatic N) is 3. The van der Waals surface area contributed by atoms with Crippen LogP contribution in [-0.4, -0.2) is 6.04 Å². The molecule has 1 heterocycles. The van der Waals surface area contributed by atoms with Crippen molar-refractivity contribution >= 4 is 50.8 Å². The molecule has 3 nitrogen and oxygen atoms in total. The third-order valence-corrected chi connectivity index (χ3v) is 17.0. The zero-order valence-electron chi connectivity index (χ0n) is 46.7. The molecule has 2 unspecified atom stereocenters. The molecule has 4 aliphatic carbocycles. The molecule has 0 spiro atoms. The fourth-order valence-corrected chi connectivity index (χ4v) is 12.4. The predicted octanol–water partition coefficient (Wildman–Crippen LogP) is 21.2. The number of hydrogen-bond acceptors (Lipinski definition) is 3. The van der Waals surface area contributed by atoms with E-state index in [-0.39, 0.29) is 5.41 Å². The highest BCUT2D eigenvalue weighted by molar-refractivity contribution is 5.94. The molecule has 0 amide bonds. The molecule has 0 N–H and O–H groups in total. The van der Waals surface area contributed by atoms with Crippen LogP contribution in [-0.2, 0) is 0 Å². The third-order valence-electron chi connectivity index (χ3n) is 17.0. The Kier molecular flexibility index (Phi) is 14.6. The second kappa shape index (κ2) is 23.2. The van der Waals surface area contributed by atoms with E-state index in [4.69, 9.17) is 6.58 Å². The Labute approximate surface area is 485 Å². The van der Waals surface area contributed by atoms with Gasteiger partial charge < -0.3 is 14.7 Å². The van der Waals surface area contributed by atoms with Crippen molar-refractivity contribution in [3.63, 3.8) is 0 Å². The number of para-hydroxylation sites is 3. The summed E-state index contributed by atoms with van der Waals surface area (Å²) < 4.78 is 0. The van der Waals surface area contributed by atoms with Crippen LogP contribution in [0.4, 0.5) is 34.1 Å². The van der Waals surface area contributed by atoms with Gasteiger partial charge in [0.2, 0.25) is 0 Å². The second-order valence-corrected chi connectivity index (χ2v) is 22.2. The smallest absolute Gasteiger partial charge is 0.0556 e. The molecule has 3 heteroatoms. The molecule has 1 aliphatic heterocycles. The van der Waals surface area contributed by atoms with Gasteiger partial charge in [0.25, 0.3) is 0 Å². The first-order valence-corrected chi connectivity index (χ1v) is 29.1. The van der Waals surface area contributed by atoms with Gasteiger partial charge in [0.1, 0.15) is 0 Å². The summed E-state index contributed by atoms with van der Waals surface area (Å²) in [4.78, 5) is 7.26. The normalized spacial score (nSPS) is 19.5. The zero-order chi connectivity index (χ0) is 55.2. The van der Waals surface area contributed by atoms with Crippen molar-refractivity contribution in [1.29, 1.82) is 0 Å². The van der Waals surface area contributed by atoms with Gasteiger partial charge in [-0.05, 0) is 185 Å². The van der Waals surface area contributed by atoms with Crippen molar-refractivity contribution in [1.82, 2.24) is 0 Å². The third kappa shape index (κ3) is 10.7. The van der Waals surface area contributed by atoms with Gasteiger partial charge in [0, 0.05) is 51.2 Å². The fourth-order valence-electron chi connectivity index (χ4n) is 12.4. The van der Waals surface area contributed by atoms with Crippen LogP contribution in [0.1, 0.15) is 62.1 Å². The average Bonchev–Trinajstić information content (AvgIpc) is 3.56. The van der Waals surface area contributed by atoms with Gasteiger partial charge in [-0.2, -0.15) is 0 Å². The van der Waals surface area contributed by atoms with Gasteiger partial charge in [0.15, 0.2) is 0 Å². The monoisotopic (exact) mass is 1060 g/mol. The van der Waals surface area contributed by atoms with E-state index in [0.717, 1.165) is 78.1 Å². The first-order chi connectivity index (χ1) is 40.4. The maximum atomic E-state index is 4.92. The molecule has 8 aromatic rings. The van der Waals surface area contributed by atoms with Crippen LogP contribution < -0.4 is 14.7 Å². The lowest BCUT2D eigenvalue weighted by atomic mass is 9.73. The minimum Gasteiger partial charge on any atom is -0.338 e. The van der Waals surface area contributed by atoms with Crippen molar-refractivity contribution in [2.45, 2.75) is 51.5 Å². The van der Waals surface area contributed by atoms with Crippen LogP contribution in [0.2, 0.25) is 0 Å². The van der Waals surface area contributed by atoms with Crippen molar-refractivity contribution < 1.29 is 0 Å².